The van der Waals surface area contributed by atoms with Gasteiger partial charge in [-0.25, -0.2) is 4.98 Å². The summed E-state index contributed by atoms with van der Waals surface area (Å²) in [6, 6.07) is 11.3. The molecule has 1 aromatic carbocycles. The Morgan fingerprint density at radius 3 is 2.76 bits per heavy atom. The summed E-state index contributed by atoms with van der Waals surface area (Å²) in [6.07, 6.45) is 2.41. The molecule has 0 aliphatic heterocycles. The van der Waals surface area contributed by atoms with Crippen molar-refractivity contribution in [2.45, 2.75) is 12.5 Å². The van der Waals surface area contributed by atoms with Crippen LogP contribution in [0.15, 0.2) is 42.6 Å². The Hall–Kier alpha value is -1.58. The Kier molecular flexibility index (Phi) is 3.61. The Morgan fingerprint density at radius 2 is 2.06 bits per heavy atom. The van der Waals surface area contributed by atoms with Crippen molar-refractivity contribution in [3.8, 4) is 0 Å². The quantitative estimate of drug-likeness (QED) is 0.876. The van der Waals surface area contributed by atoms with Crippen molar-refractivity contribution in [2.24, 2.45) is 5.73 Å². The van der Waals surface area contributed by atoms with E-state index in [9.17, 15) is 0 Å². The molecular formula is C13H14ClN3. The van der Waals surface area contributed by atoms with Crippen LogP contribution in [0.25, 0.3) is 0 Å². The molecule has 88 valence electrons. The van der Waals surface area contributed by atoms with Crippen LogP contribution < -0.4 is 11.5 Å². The average Bonchev–Trinajstić information content (AvgIpc) is 2.29. The van der Waals surface area contributed by atoms with Gasteiger partial charge in [-0.05, 0) is 41.8 Å². The van der Waals surface area contributed by atoms with Crippen LogP contribution in [0, 0.1) is 0 Å². The topological polar surface area (TPSA) is 64.9 Å². The van der Waals surface area contributed by atoms with Crippen LogP contribution >= 0.6 is 11.6 Å². The molecule has 1 unspecified atom stereocenters. The van der Waals surface area contributed by atoms with Crippen LogP contribution in [0.3, 0.4) is 0 Å². The lowest BCUT2D eigenvalue weighted by Crippen LogP contribution is -2.13. The fourth-order valence-electron chi connectivity index (χ4n) is 1.73. The maximum absolute atomic E-state index is 6.13. The van der Waals surface area contributed by atoms with E-state index in [2.05, 4.69) is 4.98 Å². The van der Waals surface area contributed by atoms with E-state index < -0.39 is 0 Å². The van der Waals surface area contributed by atoms with Gasteiger partial charge in [-0.1, -0.05) is 23.7 Å². The van der Waals surface area contributed by atoms with E-state index in [1.807, 2.05) is 36.4 Å². The number of benzene rings is 1. The van der Waals surface area contributed by atoms with Gasteiger partial charge in [0.25, 0.3) is 0 Å². The van der Waals surface area contributed by atoms with Gasteiger partial charge in [0.1, 0.15) is 5.82 Å². The predicted octanol–water partition coefficient (Wildman–Crippen LogP) is 2.56. The second-order valence-corrected chi connectivity index (χ2v) is 4.39. The highest BCUT2D eigenvalue weighted by Crippen LogP contribution is 2.19. The Balaban J connectivity index is 2.14. The highest BCUT2D eigenvalue weighted by Gasteiger charge is 2.07. The van der Waals surface area contributed by atoms with Gasteiger partial charge in [-0.15, -0.1) is 0 Å². The molecule has 2 rings (SSSR count). The lowest BCUT2D eigenvalue weighted by atomic mass is 10.0. The number of halogens is 1. The van der Waals surface area contributed by atoms with E-state index in [0.29, 0.717) is 17.3 Å². The molecule has 4 heteroatoms. The average molecular weight is 248 g/mol. The van der Waals surface area contributed by atoms with E-state index in [1.54, 1.807) is 6.20 Å². The number of aromatic nitrogens is 1. The largest absolute Gasteiger partial charge is 0.384 e. The van der Waals surface area contributed by atoms with Crippen LogP contribution in [0.1, 0.15) is 17.2 Å². The first-order chi connectivity index (χ1) is 8.15. The standard InChI is InChI=1S/C13H14ClN3/c14-11-3-1-2-10(8-11)12(15)6-9-4-5-17-13(16)7-9/h1-5,7-8,12H,6,15H2,(H2,16,17). The van der Waals surface area contributed by atoms with Gasteiger partial charge in [-0.3, -0.25) is 0 Å². The number of pyridine rings is 1. The van der Waals surface area contributed by atoms with E-state index >= 15 is 0 Å². The van der Waals surface area contributed by atoms with Crippen molar-refractivity contribution in [1.82, 2.24) is 4.98 Å². The smallest absolute Gasteiger partial charge is 0.123 e. The zero-order valence-corrected chi connectivity index (χ0v) is 10.1. The first kappa shape index (κ1) is 11.9. The van der Waals surface area contributed by atoms with Gasteiger partial charge in [0, 0.05) is 17.3 Å². The molecule has 0 saturated heterocycles. The fourth-order valence-corrected chi connectivity index (χ4v) is 1.93. The van der Waals surface area contributed by atoms with Crippen molar-refractivity contribution >= 4 is 17.4 Å². The molecule has 1 aromatic heterocycles. The fraction of sp³-hybridized carbons (Fsp3) is 0.154. The molecule has 1 atom stereocenters. The first-order valence-electron chi connectivity index (χ1n) is 5.36. The van der Waals surface area contributed by atoms with Crippen molar-refractivity contribution in [3.63, 3.8) is 0 Å². The maximum atomic E-state index is 6.13. The molecule has 0 spiro atoms. The summed E-state index contributed by atoms with van der Waals surface area (Å²) in [5.74, 6) is 0.515. The zero-order valence-electron chi connectivity index (χ0n) is 9.31. The third-order valence-corrected chi connectivity index (χ3v) is 2.81. The SMILES string of the molecule is Nc1cc(CC(N)c2cccc(Cl)c2)ccn1. The Labute approximate surface area is 105 Å². The van der Waals surface area contributed by atoms with Crippen molar-refractivity contribution < 1.29 is 0 Å². The van der Waals surface area contributed by atoms with Gasteiger partial charge in [0.2, 0.25) is 0 Å². The molecule has 0 bridgehead atoms. The predicted molar refractivity (Wildman–Crippen MR) is 70.7 cm³/mol. The van der Waals surface area contributed by atoms with Gasteiger partial charge >= 0.3 is 0 Å². The minimum absolute atomic E-state index is 0.0875. The second kappa shape index (κ2) is 5.17. The van der Waals surface area contributed by atoms with Crippen molar-refractivity contribution in [3.05, 3.63) is 58.7 Å². The summed E-state index contributed by atoms with van der Waals surface area (Å²) in [7, 11) is 0. The summed E-state index contributed by atoms with van der Waals surface area (Å²) in [5, 5.41) is 0.701. The Bertz CT molecular complexity index is 514. The van der Waals surface area contributed by atoms with Gasteiger partial charge in [-0.2, -0.15) is 0 Å². The normalized spacial score (nSPS) is 12.4. The first-order valence-corrected chi connectivity index (χ1v) is 5.74. The van der Waals surface area contributed by atoms with Crippen LogP contribution in [0.4, 0.5) is 5.82 Å². The summed E-state index contributed by atoms with van der Waals surface area (Å²) in [5.41, 5.74) is 13.8. The molecule has 0 saturated carbocycles. The molecule has 0 aliphatic rings. The summed E-state index contributed by atoms with van der Waals surface area (Å²) in [6.45, 7) is 0. The highest BCUT2D eigenvalue weighted by atomic mass is 35.5. The van der Waals surface area contributed by atoms with Crippen molar-refractivity contribution in [1.29, 1.82) is 0 Å². The molecule has 0 amide bonds. The number of nitrogens with two attached hydrogens (primary N) is 2. The van der Waals surface area contributed by atoms with E-state index in [1.165, 1.54) is 0 Å². The van der Waals surface area contributed by atoms with Crippen LogP contribution in [0.2, 0.25) is 5.02 Å². The number of hydrogen-bond acceptors (Lipinski definition) is 3. The molecular weight excluding hydrogens is 234 g/mol. The molecule has 17 heavy (non-hydrogen) atoms. The number of rotatable bonds is 3. The molecule has 0 fully saturated rings. The highest BCUT2D eigenvalue weighted by molar-refractivity contribution is 6.30. The third-order valence-electron chi connectivity index (χ3n) is 2.58. The van der Waals surface area contributed by atoms with Gasteiger partial charge < -0.3 is 11.5 Å². The van der Waals surface area contributed by atoms with Crippen LogP contribution in [0.5, 0.6) is 0 Å². The zero-order chi connectivity index (χ0) is 12.3. The van der Waals surface area contributed by atoms with Gasteiger partial charge in [0.15, 0.2) is 0 Å². The lowest BCUT2D eigenvalue weighted by molar-refractivity contribution is 0.721. The number of nitrogens with zero attached hydrogens (tertiary/aromatic N) is 1. The minimum atomic E-state index is -0.0875. The molecule has 1 heterocycles. The molecule has 2 aromatic rings. The summed E-state index contributed by atoms with van der Waals surface area (Å²) >= 11 is 5.93. The van der Waals surface area contributed by atoms with E-state index in [4.69, 9.17) is 23.1 Å². The number of anilines is 1. The molecule has 4 N–H and O–H groups in total. The molecule has 3 nitrogen and oxygen atoms in total. The van der Waals surface area contributed by atoms with E-state index in [0.717, 1.165) is 11.1 Å². The van der Waals surface area contributed by atoms with Gasteiger partial charge in [0.05, 0.1) is 0 Å². The molecule has 0 aliphatic carbocycles. The lowest BCUT2D eigenvalue weighted by Gasteiger charge is -2.12. The Morgan fingerprint density at radius 1 is 1.24 bits per heavy atom. The monoisotopic (exact) mass is 247 g/mol. The summed E-state index contributed by atoms with van der Waals surface area (Å²) in [4.78, 5) is 3.95. The second-order valence-electron chi connectivity index (χ2n) is 3.95. The van der Waals surface area contributed by atoms with Crippen LogP contribution in [-0.2, 0) is 6.42 Å². The maximum Gasteiger partial charge on any atom is 0.123 e. The van der Waals surface area contributed by atoms with Crippen LogP contribution in [-0.4, -0.2) is 4.98 Å². The van der Waals surface area contributed by atoms with Crippen molar-refractivity contribution in [2.75, 3.05) is 5.73 Å². The third kappa shape index (κ3) is 3.19. The molecule has 0 radical (unpaired) electrons. The van der Waals surface area contributed by atoms with E-state index in [-0.39, 0.29) is 6.04 Å². The number of hydrogen-bond donors (Lipinski definition) is 2. The number of nitrogen functional groups attached to an aromatic ring is 1. The minimum Gasteiger partial charge on any atom is -0.384 e. The summed E-state index contributed by atoms with van der Waals surface area (Å²) < 4.78 is 0.